The molecule has 202 valence electrons. The molecule has 2 aromatic rings. The summed E-state index contributed by atoms with van der Waals surface area (Å²) < 4.78 is 36.8. The van der Waals surface area contributed by atoms with Crippen LogP contribution in [-0.4, -0.2) is 52.6 Å². The third-order valence-corrected chi connectivity index (χ3v) is 7.35. The number of H-pyrrole nitrogens is 1. The summed E-state index contributed by atoms with van der Waals surface area (Å²) in [6.07, 6.45) is -0.235. The number of carbonyl (C=O) groups excluding carboxylic acids is 1. The minimum atomic E-state index is -4.19. The molecule has 0 saturated carbocycles. The third kappa shape index (κ3) is 7.50. The molecule has 1 aliphatic heterocycles. The van der Waals surface area contributed by atoms with E-state index in [1.807, 2.05) is 0 Å². The molecule has 3 rings (SSSR count). The lowest BCUT2D eigenvalue weighted by Crippen LogP contribution is -2.41. The van der Waals surface area contributed by atoms with Gasteiger partial charge < -0.3 is 19.1 Å². The summed E-state index contributed by atoms with van der Waals surface area (Å²) in [5.74, 6) is -0.751. The van der Waals surface area contributed by atoms with Gasteiger partial charge in [0.2, 0.25) is 0 Å². The van der Waals surface area contributed by atoms with E-state index in [-0.39, 0.29) is 23.7 Å². The van der Waals surface area contributed by atoms with E-state index >= 15 is 0 Å². The zero-order valence-electron chi connectivity index (χ0n) is 20.4. The molecule has 2 heterocycles. The Morgan fingerprint density at radius 2 is 2.05 bits per heavy atom. The molecule has 1 fully saturated rings. The van der Waals surface area contributed by atoms with Crippen molar-refractivity contribution in [2.24, 2.45) is 5.92 Å². The SMILES string of the molecule is COC(=O)C(NP(=O)(OC[C@H]1O[C@@H](n2cc(/C=C/Br)c(=O)[nH]c2=O)CC1O)Oc1ccccc1)C(C)C. The zero-order chi connectivity index (χ0) is 27.2. The number of aromatic nitrogens is 2. The molecular formula is C23H29BrN3O9P. The van der Waals surface area contributed by atoms with E-state index in [1.54, 1.807) is 44.2 Å². The summed E-state index contributed by atoms with van der Waals surface area (Å²) in [5.41, 5.74) is -1.10. The van der Waals surface area contributed by atoms with E-state index < -0.39 is 56.0 Å². The number of ether oxygens (including phenoxy) is 2. The Morgan fingerprint density at radius 1 is 1.35 bits per heavy atom. The summed E-state index contributed by atoms with van der Waals surface area (Å²) in [4.78, 5) is 40.3. The molecule has 0 amide bonds. The summed E-state index contributed by atoms with van der Waals surface area (Å²) in [6.45, 7) is 3.07. The van der Waals surface area contributed by atoms with Gasteiger partial charge in [0.1, 0.15) is 24.1 Å². The number of carbonyl (C=O) groups is 1. The average molecular weight is 602 g/mol. The van der Waals surface area contributed by atoms with Crippen molar-refractivity contribution in [1.82, 2.24) is 14.6 Å². The fourth-order valence-corrected chi connectivity index (χ4v) is 5.54. The molecule has 1 aliphatic rings. The fourth-order valence-electron chi connectivity index (χ4n) is 3.59. The van der Waals surface area contributed by atoms with Crippen LogP contribution in [-0.2, 0) is 23.4 Å². The number of aliphatic hydroxyl groups excluding tert-OH is 1. The number of aromatic amines is 1. The van der Waals surface area contributed by atoms with Crippen LogP contribution in [0.5, 0.6) is 5.75 Å². The number of methoxy groups -OCH3 is 1. The van der Waals surface area contributed by atoms with Gasteiger partial charge >= 0.3 is 19.4 Å². The minimum Gasteiger partial charge on any atom is -0.468 e. The van der Waals surface area contributed by atoms with Crippen molar-refractivity contribution in [2.45, 2.75) is 44.7 Å². The molecule has 12 nitrogen and oxygen atoms in total. The summed E-state index contributed by atoms with van der Waals surface area (Å²) in [7, 11) is -2.98. The topological polar surface area (TPSA) is 158 Å². The van der Waals surface area contributed by atoms with E-state index in [1.165, 1.54) is 24.4 Å². The Bertz CT molecular complexity index is 1260. The monoisotopic (exact) mass is 601 g/mol. The summed E-state index contributed by atoms with van der Waals surface area (Å²) in [6, 6.07) is 7.22. The molecule has 0 spiro atoms. The molecule has 0 bridgehead atoms. The molecule has 14 heteroatoms. The van der Waals surface area contributed by atoms with Crippen molar-refractivity contribution in [1.29, 1.82) is 0 Å². The number of aliphatic hydroxyl groups is 1. The van der Waals surface area contributed by atoms with Crippen molar-refractivity contribution in [2.75, 3.05) is 13.7 Å². The van der Waals surface area contributed by atoms with E-state index in [4.69, 9.17) is 18.5 Å². The number of hydrogen-bond donors (Lipinski definition) is 3. The zero-order valence-corrected chi connectivity index (χ0v) is 22.9. The Kier molecular flexibility index (Phi) is 10.0. The second-order valence-corrected chi connectivity index (χ2v) is 10.8. The Labute approximate surface area is 221 Å². The highest BCUT2D eigenvalue weighted by atomic mass is 79.9. The van der Waals surface area contributed by atoms with Gasteiger partial charge in [-0.25, -0.2) is 9.36 Å². The molecule has 1 aromatic carbocycles. The number of hydrogen-bond acceptors (Lipinski definition) is 9. The molecule has 0 aliphatic carbocycles. The molecule has 5 atom stereocenters. The van der Waals surface area contributed by atoms with E-state index in [0.717, 1.165) is 4.57 Å². The van der Waals surface area contributed by atoms with Gasteiger partial charge in [-0.15, -0.1) is 0 Å². The fraction of sp³-hybridized carbons (Fsp3) is 0.435. The summed E-state index contributed by atoms with van der Waals surface area (Å²) in [5, 5.41) is 13.2. The predicted molar refractivity (Wildman–Crippen MR) is 138 cm³/mol. The van der Waals surface area contributed by atoms with Crippen LogP contribution in [0, 0.1) is 5.92 Å². The van der Waals surface area contributed by atoms with Crippen LogP contribution in [0.15, 0.2) is 51.1 Å². The minimum absolute atomic E-state index is 0.00545. The van der Waals surface area contributed by atoms with Crippen LogP contribution in [0.4, 0.5) is 0 Å². The Hall–Kier alpha value is -2.54. The van der Waals surface area contributed by atoms with Gasteiger partial charge in [0.15, 0.2) is 0 Å². The number of nitrogens with one attached hydrogen (secondary N) is 2. The third-order valence-electron chi connectivity index (χ3n) is 5.55. The second-order valence-electron chi connectivity index (χ2n) is 8.55. The second kappa shape index (κ2) is 12.8. The lowest BCUT2D eigenvalue weighted by molar-refractivity contribution is -0.143. The first-order chi connectivity index (χ1) is 17.6. The van der Waals surface area contributed by atoms with Crippen molar-refractivity contribution >= 4 is 35.7 Å². The number of halogens is 1. The van der Waals surface area contributed by atoms with Crippen LogP contribution in [0.2, 0.25) is 0 Å². The summed E-state index contributed by atoms with van der Waals surface area (Å²) >= 11 is 3.09. The first kappa shape index (κ1) is 29.0. The molecule has 3 N–H and O–H groups in total. The van der Waals surface area contributed by atoms with Gasteiger partial charge in [-0.2, -0.15) is 5.09 Å². The Balaban J connectivity index is 1.80. The van der Waals surface area contributed by atoms with Gasteiger partial charge in [0.25, 0.3) is 5.56 Å². The van der Waals surface area contributed by atoms with Crippen LogP contribution < -0.4 is 20.9 Å². The van der Waals surface area contributed by atoms with Gasteiger partial charge in [0.05, 0.1) is 25.4 Å². The molecule has 0 radical (unpaired) electrons. The predicted octanol–water partition coefficient (Wildman–Crippen LogP) is 2.54. The standard InChI is InChI=1S/C23H29BrN3O9P/c1-14(2)20(22(30)33-3)26-37(32,36-16-7-5-4-6-8-16)34-13-18-17(28)11-19(35-18)27-12-15(9-10-24)21(29)25-23(27)31/h4-10,12,14,17-20,28H,11,13H2,1-3H3,(H,26,32)(H,25,29,31)/b10-9+/t17?,18-,19-,20?,37?/m1/s1. The van der Waals surface area contributed by atoms with Crippen LogP contribution in [0.1, 0.15) is 32.1 Å². The van der Waals surface area contributed by atoms with Crippen molar-refractivity contribution in [3.8, 4) is 5.75 Å². The maximum Gasteiger partial charge on any atom is 0.459 e. The van der Waals surface area contributed by atoms with E-state index in [9.17, 15) is 24.1 Å². The first-order valence-electron chi connectivity index (χ1n) is 11.4. The highest BCUT2D eigenvalue weighted by Gasteiger charge is 2.40. The average Bonchev–Trinajstić information content (AvgIpc) is 3.23. The van der Waals surface area contributed by atoms with Gasteiger partial charge in [-0.1, -0.05) is 48.0 Å². The number of esters is 1. The largest absolute Gasteiger partial charge is 0.468 e. The van der Waals surface area contributed by atoms with E-state index in [2.05, 4.69) is 26.0 Å². The quantitative estimate of drug-likeness (QED) is 0.258. The number of rotatable bonds is 11. The lowest BCUT2D eigenvalue weighted by Gasteiger charge is -2.27. The van der Waals surface area contributed by atoms with Crippen LogP contribution >= 0.6 is 23.7 Å². The maximum atomic E-state index is 13.7. The van der Waals surface area contributed by atoms with Crippen molar-refractivity contribution in [3.05, 3.63) is 67.9 Å². The lowest BCUT2D eigenvalue weighted by atomic mass is 10.1. The number of benzene rings is 1. The smallest absolute Gasteiger partial charge is 0.459 e. The molecular weight excluding hydrogens is 573 g/mol. The van der Waals surface area contributed by atoms with Crippen LogP contribution in [0.25, 0.3) is 6.08 Å². The van der Waals surface area contributed by atoms with E-state index in [0.29, 0.717) is 0 Å². The van der Waals surface area contributed by atoms with Gasteiger partial charge in [0, 0.05) is 12.6 Å². The van der Waals surface area contributed by atoms with Crippen molar-refractivity contribution < 1.29 is 33.0 Å². The first-order valence-corrected chi connectivity index (χ1v) is 13.8. The van der Waals surface area contributed by atoms with Gasteiger partial charge in [-0.3, -0.25) is 23.7 Å². The van der Waals surface area contributed by atoms with Gasteiger partial charge in [-0.05, 0) is 29.1 Å². The molecule has 1 saturated heterocycles. The molecule has 3 unspecified atom stereocenters. The number of para-hydroxylation sites is 1. The highest BCUT2D eigenvalue weighted by molar-refractivity contribution is 9.11. The number of nitrogens with zero attached hydrogens (tertiary/aromatic N) is 1. The highest BCUT2D eigenvalue weighted by Crippen LogP contribution is 2.46. The molecule has 1 aromatic heterocycles. The normalized spacial score (nSPS) is 22.2. The van der Waals surface area contributed by atoms with Crippen LogP contribution in [0.3, 0.4) is 0 Å². The van der Waals surface area contributed by atoms with Crippen molar-refractivity contribution in [3.63, 3.8) is 0 Å². The maximum absolute atomic E-state index is 13.7. The Morgan fingerprint density at radius 3 is 2.68 bits per heavy atom. The molecule has 37 heavy (non-hydrogen) atoms.